The van der Waals surface area contributed by atoms with Gasteiger partial charge in [-0.3, -0.25) is 4.79 Å². The first-order valence-corrected chi connectivity index (χ1v) is 10.6. The number of fused-ring (bicyclic) bond motifs is 1. The summed E-state index contributed by atoms with van der Waals surface area (Å²) in [6.45, 7) is 5.79. The van der Waals surface area contributed by atoms with Gasteiger partial charge in [-0.15, -0.1) is 10.2 Å². The van der Waals surface area contributed by atoms with E-state index in [1.807, 2.05) is 75.4 Å². The van der Waals surface area contributed by atoms with Gasteiger partial charge in [0.1, 0.15) is 17.2 Å². The van der Waals surface area contributed by atoms with E-state index in [1.54, 1.807) is 6.20 Å². The molecule has 0 bridgehead atoms. The van der Waals surface area contributed by atoms with Gasteiger partial charge in [-0.25, -0.2) is 4.98 Å². The highest BCUT2D eigenvalue weighted by molar-refractivity contribution is 5.84. The van der Waals surface area contributed by atoms with Crippen molar-refractivity contribution in [1.82, 2.24) is 25.6 Å². The van der Waals surface area contributed by atoms with Crippen LogP contribution in [0.4, 0.5) is 5.82 Å². The summed E-state index contributed by atoms with van der Waals surface area (Å²) in [5, 5.41) is 18.3. The number of benzene rings is 2. The molecule has 0 spiro atoms. The number of aryl methyl sites for hydroxylation is 1. The summed E-state index contributed by atoms with van der Waals surface area (Å²) >= 11 is 0. The molecule has 5 rings (SSSR count). The number of anilines is 1. The van der Waals surface area contributed by atoms with Crippen LogP contribution < -0.4 is 10.7 Å². The molecule has 8 heteroatoms. The Hall–Kier alpha value is -4.33. The number of pyridine rings is 1. The Kier molecular flexibility index (Phi) is 5.18. The van der Waals surface area contributed by atoms with Gasteiger partial charge in [0.25, 0.3) is 0 Å². The van der Waals surface area contributed by atoms with Crippen LogP contribution in [-0.2, 0) is 0 Å². The number of aromatic amines is 1. The molecule has 3 aromatic heterocycles. The van der Waals surface area contributed by atoms with Gasteiger partial charge in [-0.2, -0.15) is 5.21 Å². The van der Waals surface area contributed by atoms with Crippen LogP contribution in [0.1, 0.15) is 29.7 Å². The minimum atomic E-state index is -0.220. The largest absolute Gasteiger partial charge is 0.455 e. The first-order valence-electron chi connectivity index (χ1n) is 10.6. The van der Waals surface area contributed by atoms with E-state index >= 15 is 0 Å². The van der Waals surface area contributed by atoms with E-state index in [4.69, 9.17) is 4.42 Å². The topological polar surface area (TPSA) is 110 Å². The second kappa shape index (κ2) is 8.31. The molecule has 2 N–H and O–H groups in total. The molecular formula is C25H22N6O2. The zero-order valence-electron chi connectivity index (χ0n) is 18.5. The Labute approximate surface area is 189 Å². The van der Waals surface area contributed by atoms with Crippen molar-refractivity contribution >= 4 is 16.8 Å². The molecule has 8 nitrogen and oxygen atoms in total. The molecule has 0 fully saturated rings. The summed E-state index contributed by atoms with van der Waals surface area (Å²) in [5.41, 5.74) is 4.55. The molecule has 0 unspecified atom stereocenters. The highest BCUT2D eigenvalue weighted by Crippen LogP contribution is 2.33. The highest BCUT2D eigenvalue weighted by Gasteiger charge is 2.20. The fraction of sp³-hybridized carbons (Fsp3) is 0.160. The van der Waals surface area contributed by atoms with Crippen molar-refractivity contribution in [3.05, 3.63) is 87.7 Å². The molecule has 5 aromatic rings. The minimum absolute atomic E-state index is 0.0300. The molecule has 3 heterocycles. The van der Waals surface area contributed by atoms with Gasteiger partial charge in [-0.05, 0) is 49.7 Å². The first kappa shape index (κ1) is 20.6. The zero-order chi connectivity index (χ0) is 22.9. The molecule has 0 saturated heterocycles. The standard InChI is InChI=1S/C25H22N6O2/c1-14-12-19(16(3)27-24-18(10-7-11-26-24)25-28-30-31-29-25)23-20(13-14)21(32)15(2)22(33-23)17-8-5-4-6-9-17/h4-13,16H,1-3H3,(H,26,27)(H,28,29,30,31)/t16-/m1/s1. The third kappa shape index (κ3) is 3.76. The van der Waals surface area contributed by atoms with Crippen molar-refractivity contribution in [2.75, 3.05) is 5.32 Å². The SMILES string of the molecule is Cc1cc([C@@H](C)Nc2ncccc2-c2nn[nH]n2)c2oc(-c3ccccc3)c(C)c(=O)c2c1. The molecule has 0 radical (unpaired) electrons. The first-order chi connectivity index (χ1) is 16.0. The van der Waals surface area contributed by atoms with E-state index in [1.165, 1.54) is 0 Å². The second-order valence-electron chi connectivity index (χ2n) is 7.98. The molecule has 33 heavy (non-hydrogen) atoms. The molecule has 2 aromatic carbocycles. The maximum atomic E-state index is 13.3. The lowest BCUT2D eigenvalue weighted by molar-refractivity contribution is 0.605. The van der Waals surface area contributed by atoms with Crippen LogP contribution in [0, 0.1) is 13.8 Å². The zero-order valence-corrected chi connectivity index (χ0v) is 18.5. The number of nitrogens with one attached hydrogen (secondary N) is 2. The van der Waals surface area contributed by atoms with Crippen molar-refractivity contribution in [2.24, 2.45) is 0 Å². The van der Waals surface area contributed by atoms with Gasteiger partial charge < -0.3 is 9.73 Å². The number of tetrazole rings is 1. The Morgan fingerprint density at radius 3 is 2.64 bits per heavy atom. The quantitative estimate of drug-likeness (QED) is 0.405. The monoisotopic (exact) mass is 438 g/mol. The molecule has 1 atom stereocenters. The molecule has 0 aliphatic heterocycles. The Morgan fingerprint density at radius 1 is 1.06 bits per heavy atom. The van der Waals surface area contributed by atoms with Crippen molar-refractivity contribution in [1.29, 1.82) is 0 Å². The predicted octanol–water partition coefficient (Wildman–Crippen LogP) is 4.83. The van der Waals surface area contributed by atoms with Crippen LogP contribution in [0.3, 0.4) is 0 Å². The fourth-order valence-corrected chi connectivity index (χ4v) is 4.01. The summed E-state index contributed by atoms with van der Waals surface area (Å²) in [7, 11) is 0. The highest BCUT2D eigenvalue weighted by atomic mass is 16.3. The molecular weight excluding hydrogens is 416 g/mol. The van der Waals surface area contributed by atoms with Gasteiger partial charge >= 0.3 is 0 Å². The number of H-pyrrole nitrogens is 1. The maximum absolute atomic E-state index is 13.3. The van der Waals surface area contributed by atoms with Crippen LogP contribution in [-0.4, -0.2) is 25.6 Å². The number of hydrogen-bond donors (Lipinski definition) is 2. The molecule has 0 amide bonds. The van der Waals surface area contributed by atoms with E-state index in [9.17, 15) is 4.79 Å². The third-order valence-electron chi connectivity index (χ3n) is 5.64. The summed E-state index contributed by atoms with van der Waals surface area (Å²) in [5.74, 6) is 1.63. The van der Waals surface area contributed by atoms with Crippen molar-refractivity contribution in [2.45, 2.75) is 26.8 Å². The Bertz CT molecular complexity index is 1490. The summed E-state index contributed by atoms with van der Waals surface area (Å²) in [6, 6.07) is 17.1. The Balaban J connectivity index is 1.64. The van der Waals surface area contributed by atoms with Crippen molar-refractivity contribution in [3.63, 3.8) is 0 Å². The lowest BCUT2D eigenvalue weighted by Crippen LogP contribution is -2.13. The van der Waals surface area contributed by atoms with Crippen molar-refractivity contribution in [3.8, 4) is 22.7 Å². The fourth-order valence-electron chi connectivity index (χ4n) is 4.01. The summed E-state index contributed by atoms with van der Waals surface area (Å²) in [6.07, 6.45) is 1.70. The van der Waals surface area contributed by atoms with Gasteiger partial charge in [-0.1, -0.05) is 36.4 Å². The van der Waals surface area contributed by atoms with E-state index in [2.05, 4.69) is 30.9 Å². The van der Waals surface area contributed by atoms with Gasteiger partial charge in [0.2, 0.25) is 5.82 Å². The van der Waals surface area contributed by atoms with E-state index < -0.39 is 0 Å². The molecule has 0 saturated carbocycles. The van der Waals surface area contributed by atoms with Gasteiger partial charge in [0, 0.05) is 22.9 Å². The third-order valence-corrected chi connectivity index (χ3v) is 5.64. The van der Waals surface area contributed by atoms with Gasteiger partial charge in [0.05, 0.1) is 17.0 Å². The average Bonchev–Trinajstić information content (AvgIpc) is 3.37. The van der Waals surface area contributed by atoms with Crippen LogP contribution in [0.5, 0.6) is 0 Å². The summed E-state index contributed by atoms with van der Waals surface area (Å²) < 4.78 is 6.41. The predicted molar refractivity (Wildman–Crippen MR) is 127 cm³/mol. The van der Waals surface area contributed by atoms with Crippen LogP contribution in [0.15, 0.2) is 70.0 Å². The van der Waals surface area contributed by atoms with E-state index in [-0.39, 0.29) is 11.5 Å². The number of hydrogen-bond acceptors (Lipinski definition) is 7. The van der Waals surface area contributed by atoms with Gasteiger partial charge in [0.15, 0.2) is 5.43 Å². The van der Waals surface area contributed by atoms with Crippen LogP contribution in [0.2, 0.25) is 0 Å². The molecule has 164 valence electrons. The number of rotatable bonds is 5. The second-order valence-corrected chi connectivity index (χ2v) is 7.98. The summed E-state index contributed by atoms with van der Waals surface area (Å²) in [4.78, 5) is 17.8. The molecule has 0 aliphatic rings. The van der Waals surface area contributed by atoms with E-state index in [0.717, 1.165) is 22.3 Å². The van der Waals surface area contributed by atoms with Crippen LogP contribution in [0.25, 0.3) is 33.7 Å². The Morgan fingerprint density at radius 2 is 1.88 bits per heavy atom. The number of aromatic nitrogens is 5. The lowest BCUT2D eigenvalue weighted by Gasteiger charge is -2.19. The average molecular weight is 438 g/mol. The lowest BCUT2D eigenvalue weighted by atomic mass is 9.99. The van der Waals surface area contributed by atoms with E-state index in [0.29, 0.717) is 33.9 Å². The maximum Gasteiger partial charge on any atom is 0.208 e. The van der Waals surface area contributed by atoms with Crippen molar-refractivity contribution < 1.29 is 4.42 Å². The minimum Gasteiger partial charge on any atom is -0.455 e. The number of nitrogens with zero attached hydrogens (tertiary/aromatic N) is 4. The normalized spacial score (nSPS) is 12.1. The van der Waals surface area contributed by atoms with Crippen LogP contribution >= 0.6 is 0 Å². The smallest absolute Gasteiger partial charge is 0.208 e. The molecule has 0 aliphatic carbocycles.